The van der Waals surface area contributed by atoms with E-state index < -0.39 is 13.1 Å². The molecule has 5 nitrogen and oxygen atoms in total. The van der Waals surface area contributed by atoms with E-state index in [1.54, 1.807) is 0 Å². The second kappa shape index (κ2) is 11.0. The van der Waals surface area contributed by atoms with Crippen molar-refractivity contribution >= 4 is 24.7 Å². The maximum Gasteiger partial charge on any atom is 0.451 e. The topological polar surface area (TPSA) is 89.8 Å². The van der Waals surface area contributed by atoms with Gasteiger partial charge in [0.25, 0.3) is 0 Å². The number of carboxylic acids is 1. The van der Waals surface area contributed by atoms with Gasteiger partial charge in [-0.15, -0.1) is 0 Å². The van der Waals surface area contributed by atoms with Crippen molar-refractivity contribution in [2.75, 3.05) is 6.54 Å². The van der Waals surface area contributed by atoms with Gasteiger partial charge in [-0.05, 0) is 66.4 Å². The van der Waals surface area contributed by atoms with Gasteiger partial charge in [0.2, 0.25) is 0 Å². The van der Waals surface area contributed by atoms with Gasteiger partial charge in [-0.3, -0.25) is 4.79 Å². The van der Waals surface area contributed by atoms with Gasteiger partial charge in [0, 0.05) is 11.6 Å². The lowest BCUT2D eigenvalue weighted by Crippen LogP contribution is -2.21. The molecule has 0 saturated heterocycles. The van der Waals surface area contributed by atoms with E-state index in [0.29, 0.717) is 25.1 Å². The highest BCUT2D eigenvalue weighted by Gasteiger charge is 2.38. The van der Waals surface area contributed by atoms with Crippen LogP contribution in [0.15, 0.2) is 48.5 Å². The normalized spacial score (nSPS) is 21.0. The predicted molar refractivity (Wildman–Crippen MR) is 120 cm³/mol. The zero-order chi connectivity index (χ0) is 21.5. The number of halogens is 1. The minimum Gasteiger partial charge on any atom is -0.481 e. The third kappa shape index (κ3) is 6.57. The van der Waals surface area contributed by atoms with Crippen LogP contribution < -0.4 is 5.32 Å². The largest absolute Gasteiger partial charge is 0.481 e. The van der Waals surface area contributed by atoms with E-state index in [2.05, 4.69) is 29.6 Å². The summed E-state index contributed by atoms with van der Waals surface area (Å²) < 4.78 is 0. The van der Waals surface area contributed by atoms with Crippen molar-refractivity contribution in [3.8, 4) is 11.1 Å². The minimum absolute atomic E-state index is 0.117. The molecule has 2 aromatic rings. The zero-order valence-electron chi connectivity index (χ0n) is 17.0. The Morgan fingerprint density at radius 2 is 1.67 bits per heavy atom. The molecular formula is C23H29BClNO4. The van der Waals surface area contributed by atoms with Crippen LogP contribution in [-0.4, -0.2) is 34.8 Å². The Labute approximate surface area is 183 Å². The summed E-state index contributed by atoms with van der Waals surface area (Å²) in [6, 6.07) is 16.2. The molecular weight excluding hydrogens is 401 g/mol. The van der Waals surface area contributed by atoms with Crippen LogP contribution in [0.2, 0.25) is 11.3 Å². The fraction of sp³-hybridized carbons (Fsp3) is 0.435. The predicted octanol–water partition coefficient (Wildman–Crippen LogP) is 4.08. The zero-order valence-corrected chi connectivity index (χ0v) is 17.8. The van der Waals surface area contributed by atoms with Crippen molar-refractivity contribution in [3.05, 3.63) is 59.1 Å². The summed E-state index contributed by atoms with van der Waals surface area (Å²) in [5.74, 6) is -0.605. The van der Waals surface area contributed by atoms with Gasteiger partial charge in [0.05, 0.1) is 5.92 Å². The van der Waals surface area contributed by atoms with Crippen LogP contribution in [0.3, 0.4) is 0 Å². The lowest BCUT2D eigenvalue weighted by molar-refractivity contribution is -0.143. The van der Waals surface area contributed by atoms with E-state index in [1.807, 2.05) is 24.3 Å². The Balaban J connectivity index is 1.46. The van der Waals surface area contributed by atoms with Gasteiger partial charge in [-0.2, -0.15) is 0 Å². The summed E-state index contributed by atoms with van der Waals surface area (Å²) in [5.41, 5.74) is 3.46. The van der Waals surface area contributed by atoms with Gasteiger partial charge in [0.15, 0.2) is 0 Å². The summed E-state index contributed by atoms with van der Waals surface area (Å²) in [7, 11) is -1.31. The number of carboxylic acid groups (broad SMARTS) is 1. The van der Waals surface area contributed by atoms with Crippen molar-refractivity contribution in [2.45, 2.75) is 38.5 Å². The molecule has 0 spiro atoms. The first-order valence-electron chi connectivity index (χ1n) is 10.6. The van der Waals surface area contributed by atoms with Gasteiger partial charge in [-0.1, -0.05) is 60.8 Å². The number of rotatable bonds is 10. The first-order chi connectivity index (χ1) is 14.4. The lowest BCUT2D eigenvalue weighted by atomic mass is 9.80. The average molecular weight is 430 g/mol. The monoisotopic (exact) mass is 429 g/mol. The molecule has 2 aromatic carbocycles. The number of benzene rings is 2. The molecule has 4 N–H and O–H groups in total. The van der Waals surface area contributed by atoms with Crippen LogP contribution in [0.1, 0.15) is 31.2 Å². The van der Waals surface area contributed by atoms with Crippen LogP contribution in [0.5, 0.6) is 0 Å². The fourth-order valence-corrected chi connectivity index (χ4v) is 4.59. The summed E-state index contributed by atoms with van der Waals surface area (Å²) in [5, 5.41) is 31.7. The van der Waals surface area contributed by atoms with Crippen molar-refractivity contribution in [3.63, 3.8) is 0 Å². The number of hydrogen-bond donors (Lipinski definition) is 4. The quantitative estimate of drug-likeness (QED) is 0.427. The molecule has 160 valence electrons. The third-order valence-electron chi connectivity index (χ3n) is 6.04. The van der Waals surface area contributed by atoms with Gasteiger partial charge < -0.3 is 20.5 Å². The van der Waals surface area contributed by atoms with Gasteiger partial charge in [-0.25, -0.2) is 0 Å². The van der Waals surface area contributed by atoms with Crippen molar-refractivity contribution < 1.29 is 19.9 Å². The Bertz CT molecular complexity index is 813. The number of nitrogens with one attached hydrogen (secondary N) is 1. The van der Waals surface area contributed by atoms with Crippen LogP contribution >= 0.6 is 11.6 Å². The number of aliphatic carboxylic acids is 1. The number of carbonyl (C=O) groups is 1. The van der Waals surface area contributed by atoms with E-state index in [1.165, 1.54) is 5.56 Å². The van der Waals surface area contributed by atoms with Crippen molar-refractivity contribution in [1.82, 2.24) is 5.32 Å². The molecule has 1 saturated carbocycles. The van der Waals surface area contributed by atoms with Crippen LogP contribution in [0, 0.1) is 17.8 Å². The second-order valence-electron chi connectivity index (χ2n) is 8.29. The summed E-state index contributed by atoms with van der Waals surface area (Å²) in [4.78, 5) is 11.6. The van der Waals surface area contributed by atoms with E-state index in [-0.39, 0.29) is 11.8 Å². The SMILES string of the molecule is O=C(O)[C@@H]1CC(CNCc2ccc(-c3ccc(Cl)cc3)cc2)CC1CCCB(O)O. The Morgan fingerprint density at radius 1 is 1.03 bits per heavy atom. The first kappa shape index (κ1) is 22.8. The average Bonchev–Trinajstić information content (AvgIpc) is 3.12. The summed E-state index contributed by atoms with van der Waals surface area (Å²) >= 11 is 5.95. The maximum atomic E-state index is 11.6. The highest BCUT2D eigenvalue weighted by atomic mass is 35.5. The standard InChI is InChI=1S/C23H29BClNO4/c25-21-9-7-19(8-10-21)18-5-3-16(4-6-18)14-26-15-17-12-20(2-1-11-24(29)30)22(13-17)23(27)28/h3-10,17,20,22,26,29-30H,1-2,11-15H2,(H,27,28)/t17?,20?,22-/m1/s1. The third-order valence-corrected chi connectivity index (χ3v) is 6.29. The fourth-order valence-electron chi connectivity index (χ4n) is 4.47. The molecule has 0 aromatic heterocycles. The molecule has 3 atom stereocenters. The molecule has 0 heterocycles. The first-order valence-corrected chi connectivity index (χ1v) is 10.9. The Morgan fingerprint density at radius 3 is 2.27 bits per heavy atom. The Hall–Kier alpha value is -1.86. The molecule has 30 heavy (non-hydrogen) atoms. The lowest BCUT2D eigenvalue weighted by Gasteiger charge is -2.15. The molecule has 2 unspecified atom stereocenters. The van der Waals surface area contributed by atoms with E-state index in [4.69, 9.17) is 21.6 Å². The molecule has 1 fully saturated rings. The van der Waals surface area contributed by atoms with Crippen LogP contribution in [-0.2, 0) is 11.3 Å². The second-order valence-corrected chi connectivity index (χ2v) is 8.72. The van der Waals surface area contributed by atoms with E-state index in [0.717, 1.165) is 42.1 Å². The van der Waals surface area contributed by atoms with E-state index >= 15 is 0 Å². The summed E-state index contributed by atoms with van der Waals surface area (Å²) in [6.45, 7) is 1.54. The van der Waals surface area contributed by atoms with Crippen molar-refractivity contribution in [2.24, 2.45) is 17.8 Å². The molecule has 0 bridgehead atoms. The smallest absolute Gasteiger partial charge is 0.451 e. The van der Waals surface area contributed by atoms with Crippen molar-refractivity contribution in [1.29, 1.82) is 0 Å². The Kier molecular flexibility index (Phi) is 8.34. The minimum atomic E-state index is -1.31. The molecule has 3 rings (SSSR count). The number of hydrogen-bond acceptors (Lipinski definition) is 4. The molecule has 1 aliphatic rings. The highest BCUT2D eigenvalue weighted by molar-refractivity contribution is 6.40. The maximum absolute atomic E-state index is 11.6. The highest BCUT2D eigenvalue weighted by Crippen LogP contribution is 2.39. The molecule has 0 amide bonds. The van der Waals surface area contributed by atoms with Crippen LogP contribution in [0.25, 0.3) is 11.1 Å². The van der Waals surface area contributed by atoms with Gasteiger partial charge in [0.1, 0.15) is 0 Å². The van der Waals surface area contributed by atoms with E-state index in [9.17, 15) is 9.90 Å². The van der Waals surface area contributed by atoms with Gasteiger partial charge >= 0.3 is 13.1 Å². The molecule has 1 aliphatic carbocycles. The molecule has 7 heteroatoms. The van der Waals surface area contributed by atoms with Crippen LogP contribution in [0.4, 0.5) is 0 Å². The molecule has 0 radical (unpaired) electrons. The summed E-state index contributed by atoms with van der Waals surface area (Å²) in [6.07, 6.45) is 3.24. The molecule has 0 aliphatic heterocycles.